The molecule has 1 rings (SSSR count). The Morgan fingerprint density at radius 2 is 1.90 bits per heavy atom. The average molecular weight is 179 g/mol. The van der Waals surface area contributed by atoms with Gasteiger partial charge in [0.25, 0.3) is 0 Å². The molecule has 1 unspecified atom stereocenters. The van der Waals surface area contributed by atoms with Gasteiger partial charge in [-0.15, -0.1) is 11.6 Å². The molecule has 1 atom stereocenters. The fourth-order valence-corrected chi connectivity index (χ4v) is 0.824. The molecule has 1 aromatic carbocycles. The fourth-order valence-electron chi connectivity index (χ4n) is 0.607. The molecular formula is C7H9ClFP. The Bertz CT molecular complexity index is 203. The number of hydrogen-bond acceptors (Lipinski definition) is 0. The highest BCUT2D eigenvalue weighted by atomic mass is 35.5. The van der Waals surface area contributed by atoms with Gasteiger partial charge in [0.05, 0.1) is 5.88 Å². The minimum Gasteiger partial charge on any atom is -0.207 e. The maximum Gasteiger partial charge on any atom is 0.127 e. The van der Waals surface area contributed by atoms with Gasteiger partial charge in [-0.2, -0.15) is 9.90 Å². The van der Waals surface area contributed by atoms with E-state index in [4.69, 9.17) is 11.6 Å². The van der Waals surface area contributed by atoms with Crippen molar-refractivity contribution in [2.24, 2.45) is 0 Å². The molecule has 0 aliphatic heterocycles. The maximum absolute atomic E-state index is 12.5. The van der Waals surface area contributed by atoms with E-state index in [0.29, 0.717) is 5.56 Å². The SMILES string of the molecule is Fc1ccccc1CCl.P. The van der Waals surface area contributed by atoms with Crippen LogP contribution in [0.2, 0.25) is 0 Å². The van der Waals surface area contributed by atoms with E-state index in [2.05, 4.69) is 0 Å². The summed E-state index contributed by atoms with van der Waals surface area (Å²) in [5.41, 5.74) is 0.555. The van der Waals surface area contributed by atoms with Crippen molar-refractivity contribution in [1.29, 1.82) is 0 Å². The van der Waals surface area contributed by atoms with Crippen LogP contribution < -0.4 is 0 Å². The van der Waals surface area contributed by atoms with Crippen molar-refractivity contribution in [2.75, 3.05) is 0 Å². The molecular weight excluding hydrogens is 170 g/mol. The highest BCUT2D eigenvalue weighted by Gasteiger charge is 1.95. The van der Waals surface area contributed by atoms with E-state index in [1.165, 1.54) is 6.07 Å². The minimum absolute atomic E-state index is 0. The Balaban J connectivity index is 0.000000810. The van der Waals surface area contributed by atoms with Crippen molar-refractivity contribution in [3.63, 3.8) is 0 Å². The predicted molar refractivity (Wildman–Crippen MR) is 47.1 cm³/mol. The lowest BCUT2D eigenvalue weighted by Crippen LogP contribution is -1.82. The average Bonchev–Trinajstić information content (AvgIpc) is 1.89. The summed E-state index contributed by atoms with van der Waals surface area (Å²) in [6, 6.07) is 6.48. The van der Waals surface area contributed by atoms with Crippen LogP contribution in [0.4, 0.5) is 4.39 Å². The van der Waals surface area contributed by atoms with Crippen molar-refractivity contribution in [2.45, 2.75) is 5.88 Å². The highest BCUT2D eigenvalue weighted by molar-refractivity contribution is 6.92. The van der Waals surface area contributed by atoms with Crippen LogP contribution in [-0.4, -0.2) is 0 Å². The summed E-state index contributed by atoms with van der Waals surface area (Å²) in [6.45, 7) is 0. The third-order valence-corrected chi connectivity index (χ3v) is 1.39. The summed E-state index contributed by atoms with van der Waals surface area (Å²) in [6.07, 6.45) is 0. The zero-order valence-corrected chi connectivity index (χ0v) is 7.65. The van der Waals surface area contributed by atoms with E-state index in [0.717, 1.165) is 0 Å². The van der Waals surface area contributed by atoms with Crippen LogP contribution in [0, 0.1) is 5.82 Å². The van der Waals surface area contributed by atoms with E-state index in [-0.39, 0.29) is 21.6 Å². The maximum atomic E-state index is 12.5. The van der Waals surface area contributed by atoms with Gasteiger partial charge < -0.3 is 0 Å². The fraction of sp³-hybridized carbons (Fsp3) is 0.143. The van der Waals surface area contributed by atoms with E-state index in [9.17, 15) is 4.39 Å². The Morgan fingerprint density at radius 3 is 2.30 bits per heavy atom. The number of alkyl halides is 1. The van der Waals surface area contributed by atoms with Gasteiger partial charge in [0, 0.05) is 5.56 Å². The Kier molecular flexibility index (Phi) is 4.59. The predicted octanol–water partition coefficient (Wildman–Crippen LogP) is 2.62. The second kappa shape index (κ2) is 4.65. The normalized spacial score (nSPS) is 8.60. The Morgan fingerprint density at radius 1 is 1.30 bits per heavy atom. The molecule has 0 fully saturated rings. The third kappa shape index (κ3) is 2.24. The van der Waals surface area contributed by atoms with Crippen LogP contribution in [0.15, 0.2) is 24.3 Å². The molecule has 0 amide bonds. The van der Waals surface area contributed by atoms with Crippen molar-refractivity contribution >= 4 is 21.5 Å². The van der Waals surface area contributed by atoms with Crippen LogP contribution in [0.3, 0.4) is 0 Å². The van der Waals surface area contributed by atoms with Gasteiger partial charge in [-0.25, -0.2) is 4.39 Å². The molecule has 0 aliphatic rings. The van der Waals surface area contributed by atoms with Gasteiger partial charge in [-0.05, 0) is 6.07 Å². The highest BCUT2D eigenvalue weighted by Crippen LogP contribution is 2.07. The van der Waals surface area contributed by atoms with Gasteiger partial charge in [-0.1, -0.05) is 18.2 Å². The molecule has 0 spiro atoms. The first kappa shape index (κ1) is 9.87. The van der Waals surface area contributed by atoms with Crippen molar-refractivity contribution in [3.05, 3.63) is 35.6 Å². The first-order valence-electron chi connectivity index (χ1n) is 2.64. The van der Waals surface area contributed by atoms with Crippen LogP contribution in [0.1, 0.15) is 5.56 Å². The van der Waals surface area contributed by atoms with Crippen LogP contribution in [0.25, 0.3) is 0 Å². The molecule has 56 valence electrons. The largest absolute Gasteiger partial charge is 0.207 e. The van der Waals surface area contributed by atoms with Crippen LogP contribution in [0.5, 0.6) is 0 Å². The second-order valence-electron chi connectivity index (χ2n) is 1.73. The molecule has 0 N–H and O–H groups in total. The number of halogens is 2. The van der Waals surface area contributed by atoms with Gasteiger partial charge in [0.15, 0.2) is 0 Å². The number of benzene rings is 1. The molecule has 0 aliphatic carbocycles. The molecule has 0 nitrogen and oxygen atoms in total. The molecule has 3 heteroatoms. The monoisotopic (exact) mass is 178 g/mol. The minimum atomic E-state index is -0.229. The van der Waals surface area contributed by atoms with E-state index in [1.54, 1.807) is 18.2 Å². The summed E-state index contributed by atoms with van der Waals surface area (Å²) in [7, 11) is 0. The molecule has 0 saturated heterocycles. The van der Waals surface area contributed by atoms with Gasteiger partial charge in [0.2, 0.25) is 0 Å². The summed E-state index contributed by atoms with van der Waals surface area (Å²) < 4.78 is 12.5. The lowest BCUT2D eigenvalue weighted by molar-refractivity contribution is 0.617. The summed E-state index contributed by atoms with van der Waals surface area (Å²) in [5.74, 6) is 0.0136. The molecule has 1 aromatic rings. The number of rotatable bonds is 1. The second-order valence-corrected chi connectivity index (χ2v) is 1.99. The third-order valence-electron chi connectivity index (χ3n) is 1.10. The smallest absolute Gasteiger partial charge is 0.127 e. The Labute approximate surface area is 68.0 Å². The van der Waals surface area contributed by atoms with Crippen LogP contribution in [-0.2, 0) is 5.88 Å². The zero-order chi connectivity index (χ0) is 6.69. The standard InChI is InChI=1S/C7H6ClF.H3P/c8-5-6-3-1-2-4-7(6)9;/h1-4H,5H2;1H3. The molecule has 0 radical (unpaired) electrons. The molecule has 0 saturated carbocycles. The van der Waals surface area contributed by atoms with Gasteiger partial charge in [-0.3, -0.25) is 0 Å². The summed E-state index contributed by atoms with van der Waals surface area (Å²) >= 11 is 5.39. The lowest BCUT2D eigenvalue weighted by Gasteiger charge is -1.93. The Hall–Kier alpha value is -0.130. The van der Waals surface area contributed by atoms with Gasteiger partial charge >= 0.3 is 0 Å². The van der Waals surface area contributed by atoms with Crippen molar-refractivity contribution < 1.29 is 4.39 Å². The van der Waals surface area contributed by atoms with E-state index in [1.807, 2.05) is 0 Å². The molecule has 0 bridgehead atoms. The van der Waals surface area contributed by atoms with E-state index < -0.39 is 0 Å². The van der Waals surface area contributed by atoms with Gasteiger partial charge in [0.1, 0.15) is 5.82 Å². The quantitative estimate of drug-likeness (QED) is 0.458. The van der Waals surface area contributed by atoms with Crippen molar-refractivity contribution in [1.82, 2.24) is 0 Å². The lowest BCUT2D eigenvalue weighted by atomic mass is 10.2. The van der Waals surface area contributed by atoms with Crippen molar-refractivity contribution in [3.8, 4) is 0 Å². The first-order chi connectivity index (χ1) is 4.34. The zero-order valence-electron chi connectivity index (χ0n) is 5.48. The summed E-state index contributed by atoms with van der Waals surface area (Å²) in [4.78, 5) is 0. The summed E-state index contributed by atoms with van der Waals surface area (Å²) in [5, 5.41) is 0. The molecule has 0 heterocycles. The topological polar surface area (TPSA) is 0 Å². The molecule has 10 heavy (non-hydrogen) atoms. The first-order valence-corrected chi connectivity index (χ1v) is 3.17. The molecule has 0 aromatic heterocycles. The van der Waals surface area contributed by atoms with Crippen LogP contribution >= 0.6 is 21.5 Å². The number of hydrogen-bond donors (Lipinski definition) is 0. The van der Waals surface area contributed by atoms with E-state index >= 15 is 0 Å².